The summed E-state index contributed by atoms with van der Waals surface area (Å²) in [6.45, 7) is 0. The van der Waals surface area contributed by atoms with Crippen LogP contribution in [0.15, 0.2) is 102 Å². The first-order valence-corrected chi connectivity index (χ1v) is 9.86. The van der Waals surface area contributed by atoms with Crippen LogP contribution < -0.4 is 5.32 Å². The summed E-state index contributed by atoms with van der Waals surface area (Å²) in [6, 6.07) is 11.5. The van der Waals surface area contributed by atoms with Crippen LogP contribution in [0.1, 0.15) is 31.2 Å². The zero-order chi connectivity index (χ0) is 17.4. The summed E-state index contributed by atoms with van der Waals surface area (Å²) in [6.07, 6.45) is 25.8. The normalized spacial score (nSPS) is 31.9. The number of allylic oxidation sites excluding steroid dienone is 9. The lowest BCUT2D eigenvalue weighted by Crippen LogP contribution is -2.55. The maximum absolute atomic E-state index is 3.82. The Bertz CT molecular complexity index is 878. The summed E-state index contributed by atoms with van der Waals surface area (Å²) in [5.41, 5.74) is 5.57. The maximum atomic E-state index is 3.82. The molecule has 1 aliphatic heterocycles. The largest absolute Gasteiger partial charge is 0.378 e. The van der Waals surface area contributed by atoms with Crippen molar-refractivity contribution in [2.75, 3.05) is 0 Å². The molecule has 1 aromatic rings. The van der Waals surface area contributed by atoms with Crippen LogP contribution in [0, 0.1) is 5.92 Å². The van der Waals surface area contributed by atoms with Crippen LogP contribution in [0.3, 0.4) is 0 Å². The van der Waals surface area contributed by atoms with Crippen LogP contribution in [-0.4, -0.2) is 6.04 Å². The van der Waals surface area contributed by atoms with Crippen molar-refractivity contribution < 1.29 is 0 Å². The van der Waals surface area contributed by atoms with Gasteiger partial charge >= 0.3 is 0 Å². The van der Waals surface area contributed by atoms with Gasteiger partial charge in [0.15, 0.2) is 0 Å². The zero-order valence-corrected chi connectivity index (χ0v) is 15.1. The van der Waals surface area contributed by atoms with Gasteiger partial charge in [0.05, 0.1) is 11.5 Å². The van der Waals surface area contributed by atoms with E-state index in [1.165, 1.54) is 22.4 Å². The molecule has 0 radical (unpaired) electrons. The van der Waals surface area contributed by atoms with E-state index in [9.17, 15) is 0 Å². The van der Waals surface area contributed by atoms with E-state index in [2.05, 4.69) is 90.3 Å². The Morgan fingerprint density at radius 1 is 0.846 bits per heavy atom. The highest BCUT2D eigenvalue weighted by Crippen LogP contribution is 2.54. The van der Waals surface area contributed by atoms with E-state index >= 15 is 0 Å². The van der Waals surface area contributed by atoms with Crippen molar-refractivity contribution in [1.29, 1.82) is 0 Å². The molecule has 1 aromatic carbocycles. The van der Waals surface area contributed by atoms with E-state index in [1.807, 2.05) is 0 Å². The van der Waals surface area contributed by atoms with E-state index in [0.717, 1.165) is 25.7 Å². The van der Waals surface area contributed by atoms with Crippen molar-refractivity contribution in [3.05, 3.63) is 107 Å². The van der Waals surface area contributed by atoms with Gasteiger partial charge in [-0.3, -0.25) is 0 Å². The van der Waals surface area contributed by atoms with Crippen molar-refractivity contribution in [1.82, 2.24) is 5.32 Å². The van der Waals surface area contributed by atoms with Crippen LogP contribution in [0.5, 0.6) is 0 Å². The third-order valence-electron chi connectivity index (χ3n) is 6.22. The van der Waals surface area contributed by atoms with E-state index < -0.39 is 0 Å². The predicted molar refractivity (Wildman–Crippen MR) is 109 cm³/mol. The molecule has 0 bridgehead atoms. The van der Waals surface area contributed by atoms with Crippen molar-refractivity contribution in [2.45, 2.75) is 37.1 Å². The third kappa shape index (κ3) is 2.23. The number of hydrogen-bond donors (Lipinski definition) is 1. The van der Waals surface area contributed by atoms with Crippen LogP contribution in [-0.2, 0) is 5.41 Å². The first-order valence-electron chi connectivity index (χ1n) is 9.86. The summed E-state index contributed by atoms with van der Waals surface area (Å²) in [4.78, 5) is 0. The van der Waals surface area contributed by atoms with Crippen LogP contribution in [0.4, 0.5) is 0 Å². The molecule has 1 N–H and O–H groups in total. The highest BCUT2D eigenvalue weighted by atomic mass is 15.0. The molecule has 0 amide bonds. The second-order valence-electron chi connectivity index (χ2n) is 7.59. The van der Waals surface area contributed by atoms with Crippen LogP contribution in [0.25, 0.3) is 0 Å². The zero-order valence-electron chi connectivity index (χ0n) is 15.1. The molecular formula is C25H25N. The molecule has 3 atom stereocenters. The van der Waals surface area contributed by atoms with Gasteiger partial charge in [0.2, 0.25) is 0 Å². The van der Waals surface area contributed by atoms with Gasteiger partial charge in [0.25, 0.3) is 0 Å². The van der Waals surface area contributed by atoms with Crippen molar-refractivity contribution in [3.8, 4) is 0 Å². The number of nitrogens with one attached hydrogen (secondary N) is 1. The summed E-state index contributed by atoms with van der Waals surface area (Å²) in [7, 11) is 0. The molecule has 1 saturated heterocycles. The van der Waals surface area contributed by atoms with E-state index in [-0.39, 0.29) is 5.41 Å². The molecule has 1 heteroatoms. The Balaban J connectivity index is 1.82. The quantitative estimate of drug-likeness (QED) is 0.748. The van der Waals surface area contributed by atoms with Gasteiger partial charge in [-0.2, -0.15) is 0 Å². The average Bonchev–Trinajstić information content (AvgIpc) is 2.73. The van der Waals surface area contributed by atoms with Crippen molar-refractivity contribution in [3.63, 3.8) is 0 Å². The Hall–Kier alpha value is -2.54. The first kappa shape index (κ1) is 15.7. The molecule has 1 heterocycles. The molecule has 0 spiro atoms. The monoisotopic (exact) mass is 339 g/mol. The third-order valence-corrected chi connectivity index (χ3v) is 6.22. The summed E-state index contributed by atoms with van der Waals surface area (Å²) >= 11 is 0. The second-order valence-corrected chi connectivity index (χ2v) is 7.59. The number of rotatable bonds is 2. The van der Waals surface area contributed by atoms with Gasteiger partial charge in [-0.25, -0.2) is 0 Å². The van der Waals surface area contributed by atoms with Gasteiger partial charge in [-0.05, 0) is 42.4 Å². The molecule has 26 heavy (non-hydrogen) atoms. The molecule has 0 saturated carbocycles. The smallest absolute Gasteiger partial charge is 0.0550 e. The van der Waals surface area contributed by atoms with Gasteiger partial charge in [0.1, 0.15) is 0 Å². The minimum atomic E-state index is -0.110. The minimum Gasteiger partial charge on any atom is -0.378 e. The Morgan fingerprint density at radius 3 is 2.50 bits per heavy atom. The molecule has 5 rings (SSSR count). The fraction of sp³-hybridized carbons (Fsp3) is 0.280. The first-order chi connectivity index (χ1) is 12.9. The topological polar surface area (TPSA) is 12.0 Å². The van der Waals surface area contributed by atoms with Crippen LogP contribution in [0.2, 0.25) is 0 Å². The maximum Gasteiger partial charge on any atom is 0.0550 e. The molecular weight excluding hydrogens is 314 g/mol. The minimum absolute atomic E-state index is 0.110. The summed E-state index contributed by atoms with van der Waals surface area (Å²) in [5, 5.41) is 3.82. The highest BCUT2D eigenvalue weighted by Gasteiger charge is 2.52. The van der Waals surface area contributed by atoms with Gasteiger partial charge < -0.3 is 5.32 Å². The van der Waals surface area contributed by atoms with E-state index in [0.29, 0.717) is 12.0 Å². The standard InChI is InChI=1S/C25H25N/c1-3-11-19(12-4-1)25(20-13-5-2-6-14-20)21-15-7-9-17-23(21)26-24-18-10-8-16-22(24)25/h1,3-5,7,9,11-18,21,23,26H,2,6,8,10H2. The molecule has 3 unspecified atom stereocenters. The number of piperidine rings is 1. The average molecular weight is 339 g/mol. The lowest BCUT2D eigenvalue weighted by atomic mass is 9.54. The molecule has 3 aliphatic carbocycles. The van der Waals surface area contributed by atoms with Gasteiger partial charge in [0, 0.05) is 11.6 Å². The lowest BCUT2D eigenvalue weighted by molar-refractivity contribution is 0.334. The number of fused-ring (bicyclic) bond motifs is 2. The Labute approximate surface area is 156 Å². The van der Waals surface area contributed by atoms with Crippen molar-refractivity contribution in [2.24, 2.45) is 5.92 Å². The molecule has 1 fully saturated rings. The SMILES string of the molecule is C1=CC2NC3=CCCC=C3C(C3=CCCC=C3)(c3ccccc3)C2C=C1. The predicted octanol–water partition coefficient (Wildman–Crippen LogP) is 5.52. The fourth-order valence-corrected chi connectivity index (χ4v) is 5.17. The fourth-order valence-electron chi connectivity index (χ4n) is 5.17. The van der Waals surface area contributed by atoms with E-state index in [1.54, 1.807) is 0 Å². The summed E-state index contributed by atoms with van der Waals surface area (Å²) < 4.78 is 0. The molecule has 0 aromatic heterocycles. The number of benzene rings is 1. The Kier molecular flexibility index (Phi) is 3.81. The van der Waals surface area contributed by atoms with Crippen LogP contribution >= 0.6 is 0 Å². The molecule has 1 nitrogen and oxygen atoms in total. The Morgan fingerprint density at radius 2 is 1.65 bits per heavy atom. The highest BCUT2D eigenvalue weighted by molar-refractivity contribution is 5.62. The van der Waals surface area contributed by atoms with Gasteiger partial charge in [-0.15, -0.1) is 0 Å². The number of hydrogen-bond acceptors (Lipinski definition) is 1. The summed E-state index contributed by atoms with van der Waals surface area (Å²) in [5.74, 6) is 0.380. The van der Waals surface area contributed by atoms with Crippen molar-refractivity contribution >= 4 is 0 Å². The molecule has 4 aliphatic rings. The lowest BCUT2D eigenvalue weighted by Gasteiger charge is -2.53. The van der Waals surface area contributed by atoms with E-state index in [4.69, 9.17) is 0 Å². The van der Waals surface area contributed by atoms with Gasteiger partial charge in [-0.1, -0.05) is 85.0 Å². The second kappa shape index (κ2) is 6.32. The molecule has 130 valence electrons.